The maximum atomic E-state index is 13.5. The number of imide groups is 1. The van der Waals surface area contributed by atoms with Crippen molar-refractivity contribution in [3.05, 3.63) is 59.9 Å². The van der Waals surface area contributed by atoms with Gasteiger partial charge in [0, 0.05) is 18.8 Å². The highest BCUT2D eigenvalue weighted by Crippen LogP contribution is 2.34. The standard InChI is InChI=1S/C25H31FN4O5S/c1-4-7-16-25(18-8-10-19(26)11-9-18)23(32)30(24(33)28-25)17-22(31)27-20-12-14-21(15-13-20)36(34,35)29(5-2)6-3/h8-15H,4-7,16-17H2,1-3H3,(H,27,31)(H,28,33). The Labute approximate surface area is 210 Å². The van der Waals surface area contributed by atoms with Crippen molar-refractivity contribution in [3.8, 4) is 0 Å². The Morgan fingerprint density at radius 3 is 2.19 bits per heavy atom. The van der Waals surface area contributed by atoms with Gasteiger partial charge in [0.05, 0.1) is 4.90 Å². The Morgan fingerprint density at radius 1 is 1.03 bits per heavy atom. The van der Waals surface area contributed by atoms with Crippen molar-refractivity contribution in [2.45, 2.75) is 50.5 Å². The summed E-state index contributed by atoms with van der Waals surface area (Å²) in [4.78, 5) is 39.8. The number of nitrogens with zero attached hydrogens (tertiary/aromatic N) is 2. The van der Waals surface area contributed by atoms with Crippen LogP contribution in [-0.2, 0) is 25.2 Å². The van der Waals surface area contributed by atoms with E-state index in [-0.39, 0.29) is 4.90 Å². The van der Waals surface area contributed by atoms with E-state index in [1.807, 2.05) is 6.92 Å². The largest absolute Gasteiger partial charge is 0.325 e. The Balaban J connectivity index is 1.75. The van der Waals surface area contributed by atoms with Gasteiger partial charge >= 0.3 is 6.03 Å². The van der Waals surface area contributed by atoms with Crippen molar-refractivity contribution >= 4 is 33.6 Å². The number of unbranched alkanes of at least 4 members (excludes halogenated alkanes) is 1. The van der Waals surface area contributed by atoms with E-state index in [0.717, 1.165) is 11.3 Å². The molecular formula is C25H31FN4O5S. The molecule has 1 atom stereocenters. The number of halogens is 1. The highest BCUT2D eigenvalue weighted by Gasteiger charge is 2.52. The summed E-state index contributed by atoms with van der Waals surface area (Å²) in [6.45, 7) is 5.58. The number of benzene rings is 2. The van der Waals surface area contributed by atoms with E-state index in [1.54, 1.807) is 13.8 Å². The van der Waals surface area contributed by atoms with Gasteiger partial charge in [0.25, 0.3) is 5.91 Å². The van der Waals surface area contributed by atoms with Gasteiger partial charge in [-0.15, -0.1) is 0 Å². The second kappa shape index (κ2) is 11.2. The molecule has 1 aliphatic rings. The average molecular weight is 519 g/mol. The smallest absolute Gasteiger partial charge is 0.325 e. The fourth-order valence-corrected chi connectivity index (χ4v) is 5.68. The lowest BCUT2D eigenvalue weighted by atomic mass is 9.85. The van der Waals surface area contributed by atoms with Gasteiger partial charge in [-0.2, -0.15) is 4.31 Å². The molecule has 3 rings (SSSR count). The highest BCUT2D eigenvalue weighted by atomic mass is 32.2. The number of nitrogens with one attached hydrogen (secondary N) is 2. The predicted octanol–water partition coefficient (Wildman–Crippen LogP) is 3.43. The van der Waals surface area contributed by atoms with Crippen molar-refractivity contribution in [1.82, 2.24) is 14.5 Å². The number of hydrogen-bond acceptors (Lipinski definition) is 5. The van der Waals surface area contributed by atoms with Gasteiger partial charge in [-0.3, -0.25) is 14.5 Å². The van der Waals surface area contributed by atoms with E-state index in [2.05, 4.69) is 10.6 Å². The summed E-state index contributed by atoms with van der Waals surface area (Å²) in [5.41, 5.74) is -0.605. The van der Waals surface area contributed by atoms with Crippen molar-refractivity contribution in [3.63, 3.8) is 0 Å². The Morgan fingerprint density at radius 2 is 1.64 bits per heavy atom. The van der Waals surface area contributed by atoms with Gasteiger partial charge in [0.2, 0.25) is 15.9 Å². The van der Waals surface area contributed by atoms with Crippen LogP contribution in [0.25, 0.3) is 0 Å². The summed E-state index contributed by atoms with van der Waals surface area (Å²) in [6.07, 6.45) is 1.71. The molecule has 36 heavy (non-hydrogen) atoms. The molecule has 2 aromatic rings. The number of anilines is 1. The minimum absolute atomic E-state index is 0.0957. The zero-order valence-electron chi connectivity index (χ0n) is 20.6. The molecule has 4 amide bonds. The first kappa shape index (κ1) is 27.3. The van der Waals surface area contributed by atoms with Crippen molar-refractivity contribution < 1.29 is 27.2 Å². The van der Waals surface area contributed by atoms with Gasteiger partial charge in [-0.25, -0.2) is 17.6 Å². The number of urea groups is 1. The molecule has 1 aliphatic heterocycles. The van der Waals surface area contributed by atoms with Crippen LogP contribution in [-0.4, -0.2) is 55.1 Å². The molecule has 0 radical (unpaired) electrons. The molecule has 0 spiro atoms. The van der Waals surface area contributed by atoms with Crippen molar-refractivity contribution in [2.24, 2.45) is 0 Å². The van der Waals surface area contributed by atoms with Crippen LogP contribution < -0.4 is 10.6 Å². The summed E-state index contributed by atoms with van der Waals surface area (Å²) < 4.78 is 40.1. The van der Waals surface area contributed by atoms with Gasteiger partial charge in [-0.1, -0.05) is 45.7 Å². The van der Waals surface area contributed by atoms with E-state index >= 15 is 0 Å². The number of amides is 4. The summed E-state index contributed by atoms with van der Waals surface area (Å²) in [5, 5.41) is 5.31. The van der Waals surface area contributed by atoms with Crippen LogP contribution in [0.4, 0.5) is 14.9 Å². The third-order valence-electron chi connectivity index (χ3n) is 6.20. The molecule has 9 nitrogen and oxygen atoms in total. The number of carbonyl (C=O) groups is 3. The van der Waals surface area contributed by atoms with E-state index in [4.69, 9.17) is 0 Å². The maximum absolute atomic E-state index is 13.5. The second-order valence-corrected chi connectivity index (χ2v) is 10.4. The van der Waals surface area contributed by atoms with Crippen molar-refractivity contribution in [2.75, 3.05) is 25.0 Å². The van der Waals surface area contributed by atoms with Crippen LogP contribution in [0.1, 0.15) is 45.6 Å². The number of sulfonamides is 1. The Hall–Kier alpha value is -3.31. The summed E-state index contributed by atoms with van der Waals surface area (Å²) in [5.74, 6) is -1.67. The lowest BCUT2D eigenvalue weighted by Gasteiger charge is -2.27. The normalized spacial score (nSPS) is 18.0. The number of carbonyl (C=O) groups excluding carboxylic acids is 3. The van der Waals surface area contributed by atoms with Gasteiger partial charge < -0.3 is 10.6 Å². The first-order valence-electron chi connectivity index (χ1n) is 11.9. The fraction of sp³-hybridized carbons (Fsp3) is 0.400. The molecule has 0 bridgehead atoms. The van der Waals surface area contributed by atoms with Crippen LogP contribution >= 0.6 is 0 Å². The highest BCUT2D eigenvalue weighted by molar-refractivity contribution is 7.89. The summed E-state index contributed by atoms with van der Waals surface area (Å²) in [7, 11) is -3.64. The minimum Gasteiger partial charge on any atom is -0.325 e. The molecule has 2 N–H and O–H groups in total. The molecule has 11 heteroatoms. The molecule has 194 valence electrons. The Kier molecular flexibility index (Phi) is 8.47. The van der Waals surface area contributed by atoms with Crippen LogP contribution in [0.2, 0.25) is 0 Å². The zero-order valence-corrected chi connectivity index (χ0v) is 21.4. The second-order valence-electron chi connectivity index (χ2n) is 8.50. The van der Waals surface area contributed by atoms with Gasteiger partial charge in [-0.05, 0) is 48.4 Å². The quantitative estimate of drug-likeness (QED) is 0.442. The molecule has 1 saturated heterocycles. The van der Waals surface area contributed by atoms with E-state index in [0.29, 0.717) is 37.2 Å². The molecule has 2 aromatic carbocycles. The first-order chi connectivity index (χ1) is 17.1. The van der Waals surface area contributed by atoms with Gasteiger partial charge in [0.15, 0.2) is 0 Å². The lowest BCUT2D eigenvalue weighted by Crippen LogP contribution is -2.44. The molecule has 1 unspecified atom stereocenters. The SMILES string of the molecule is CCCCC1(c2ccc(F)cc2)NC(=O)N(CC(=O)Nc2ccc(S(=O)(=O)N(CC)CC)cc2)C1=O. The van der Waals surface area contributed by atoms with Crippen LogP contribution in [0, 0.1) is 5.82 Å². The van der Waals surface area contributed by atoms with Crippen LogP contribution in [0.5, 0.6) is 0 Å². The lowest BCUT2D eigenvalue weighted by molar-refractivity contribution is -0.134. The van der Waals surface area contributed by atoms with Crippen molar-refractivity contribution in [1.29, 1.82) is 0 Å². The topological polar surface area (TPSA) is 116 Å². The number of hydrogen-bond donors (Lipinski definition) is 2. The van der Waals surface area contributed by atoms with Gasteiger partial charge in [0.1, 0.15) is 17.9 Å². The molecule has 0 aliphatic carbocycles. The maximum Gasteiger partial charge on any atom is 0.325 e. The third kappa shape index (κ3) is 5.41. The fourth-order valence-electron chi connectivity index (χ4n) is 4.22. The molecule has 0 saturated carbocycles. The predicted molar refractivity (Wildman–Crippen MR) is 133 cm³/mol. The zero-order chi connectivity index (χ0) is 26.5. The van der Waals surface area contributed by atoms with Crippen LogP contribution in [0.3, 0.4) is 0 Å². The molecular weight excluding hydrogens is 487 g/mol. The minimum atomic E-state index is -3.64. The summed E-state index contributed by atoms with van der Waals surface area (Å²) in [6, 6.07) is 10.3. The molecule has 1 heterocycles. The first-order valence-corrected chi connectivity index (χ1v) is 13.3. The third-order valence-corrected chi connectivity index (χ3v) is 8.27. The van der Waals surface area contributed by atoms with E-state index in [1.165, 1.54) is 52.8 Å². The summed E-state index contributed by atoms with van der Waals surface area (Å²) >= 11 is 0. The van der Waals surface area contributed by atoms with E-state index in [9.17, 15) is 27.2 Å². The molecule has 1 fully saturated rings. The van der Waals surface area contributed by atoms with Crippen LogP contribution in [0.15, 0.2) is 53.4 Å². The monoisotopic (exact) mass is 518 g/mol. The molecule has 0 aromatic heterocycles. The number of rotatable bonds is 11. The average Bonchev–Trinajstić information content (AvgIpc) is 3.09. The van der Waals surface area contributed by atoms with E-state index < -0.39 is 45.8 Å². The Bertz CT molecular complexity index is 1210.